The van der Waals surface area contributed by atoms with Crippen LogP contribution in [-0.2, 0) is 5.41 Å². The summed E-state index contributed by atoms with van der Waals surface area (Å²) in [6.45, 7) is 6.23. The molecule has 0 aliphatic carbocycles. The van der Waals surface area contributed by atoms with Crippen molar-refractivity contribution in [3.8, 4) is 11.4 Å². The van der Waals surface area contributed by atoms with Crippen molar-refractivity contribution in [2.75, 3.05) is 22.6 Å². The number of rotatable bonds is 6. The van der Waals surface area contributed by atoms with Crippen LogP contribution in [0.25, 0.3) is 5.69 Å². The van der Waals surface area contributed by atoms with Gasteiger partial charge >= 0.3 is 12.1 Å². The molecule has 0 saturated carbocycles. The fourth-order valence-corrected chi connectivity index (χ4v) is 6.73. The summed E-state index contributed by atoms with van der Waals surface area (Å²) in [5.41, 5.74) is 2.77. The van der Waals surface area contributed by atoms with Crippen LogP contribution in [0.5, 0.6) is 5.75 Å². The molecule has 43 heavy (non-hydrogen) atoms. The van der Waals surface area contributed by atoms with Crippen LogP contribution in [0, 0.1) is 0 Å². The minimum Gasteiger partial charge on any atom is -0.497 e. The van der Waals surface area contributed by atoms with E-state index >= 15 is 0 Å². The van der Waals surface area contributed by atoms with Gasteiger partial charge in [-0.1, -0.05) is 44.3 Å². The van der Waals surface area contributed by atoms with Crippen molar-refractivity contribution in [1.82, 2.24) is 14.7 Å². The van der Waals surface area contributed by atoms with E-state index in [2.05, 4.69) is 37.5 Å². The van der Waals surface area contributed by atoms with E-state index in [1.807, 2.05) is 71.6 Å². The molecule has 0 spiro atoms. The molecule has 1 atom stereocenters. The number of carbonyl (C=O) groups excluding carboxylic acids is 1. The summed E-state index contributed by atoms with van der Waals surface area (Å²) in [5, 5.41) is 20.1. The lowest BCUT2D eigenvalue weighted by Crippen LogP contribution is -2.35. The Morgan fingerprint density at radius 1 is 0.953 bits per heavy atom. The van der Waals surface area contributed by atoms with E-state index in [4.69, 9.17) is 9.84 Å². The third kappa shape index (κ3) is 5.88. The minimum atomic E-state index is -0.974. The summed E-state index contributed by atoms with van der Waals surface area (Å²) in [6.07, 6.45) is 2.41. The highest BCUT2D eigenvalue weighted by atomic mass is 32.2. The number of methoxy groups -OCH3 is 1. The number of amides is 3. The molecule has 3 amide bonds. The van der Waals surface area contributed by atoms with Crippen LogP contribution in [0.3, 0.4) is 0 Å². The predicted octanol–water partition coefficient (Wildman–Crippen LogP) is 7.63. The van der Waals surface area contributed by atoms with E-state index in [1.165, 1.54) is 16.7 Å². The van der Waals surface area contributed by atoms with Crippen molar-refractivity contribution in [3.05, 3.63) is 90.9 Å². The maximum absolute atomic E-state index is 13.0. The van der Waals surface area contributed by atoms with Crippen molar-refractivity contribution in [3.63, 3.8) is 0 Å². The van der Waals surface area contributed by atoms with Gasteiger partial charge in [-0.25, -0.2) is 14.3 Å². The predicted molar refractivity (Wildman–Crippen MR) is 170 cm³/mol. The maximum Gasteiger partial charge on any atom is 0.413 e. The second-order valence-corrected chi connectivity index (χ2v) is 13.2. The Bertz CT molecular complexity index is 1710. The van der Waals surface area contributed by atoms with Crippen molar-refractivity contribution < 1.29 is 19.4 Å². The third-order valence-corrected chi connectivity index (χ3v) is 9.17. The van der Waals surface area contributed by atoms with Gasteiger partial charge < -0.3 is 20.1 Å². The average molecular weight is 615 g/mol. The molecule has 3 heterocycles. The first kappa shape index (κ1) is 28.6. The Labute approximate surface area is 257 Å². The second-order valence-electron chi connectivity index (χ2n) is 10.9. The summed E-state index contributed by atoms with van der Waals surface area (Å²) in [7, 11) is 1.62. The topological polar surface area (TPSA) is 112 Å². The molecule has 0 fully saturated rings. The van der Waals surface area contributed by atoms with E-state index in [9.17, 15) is 14.7 Å². The molecule has 220 valence electrons. The van der Waals surface area contributed by atoms with Gasteiger partial charge in [-0.2, -0.15) is 5.10 Å². The van der Waals surface area contributed by atoms with Gasteiger partial charge in [0, 0.05) is 44.3 Å². The number of fused-ring (bicyclic) bond motifs is 3. The molecule has 0 saturated heterocycles. The number of hydrogen-bond donors (Lipinski definition) is 3. The summed E-state index contributed by atoms with van der Waals surface area (Å²) < 4.78 is 6.99. The molecule has 0 bridgehead atoms. The molecule has 0 radical (unpaired) electrons. The Hall–Kier alpha value is -4.55. The van der Waals surface area contributed by atoms with Crippen LogP contribution >= 0.6 is 23.5 Å². The number of carboxylic acid groups (broad SMARTS) is 1. The monoisotopic (exact) mass is 614 g/mol. The van der Waals surface area contributed by atoms with E-state index < -0.39 is 6.09 Å². The lowest BCUT2D eigenvalue weighted by atomic mass is 9.92. The SMILES string of the molecule is COc1ccc(-n2nc(C(C)(C)C)cc2NC(=O)Nc2ccc(Sc3ccc4c(c3)N3C=CN(C(=O)O)C3S4)cc2)cc1. The zero-order valence-electron chi connectivity index (χ0n) is 23.9. The van der Waals surface area contributed by atoms with Gasteiger partial charge in [0.25, 0.3) is 0 Å². The zero-order valence-corrected chi connectivity index (χ0v) is 25.6. The third-order valence-electron chi connectivity index (χ3n) is 6.91. The van der Waals surface area contributed by atoms with Crippen LogP contribution in [-0.4, -0.2) is 44.5 Å². The highest BCUT2D eigenvalue weighted by Gasteiger charge is 2.39. The number of nitrogens with one attached hydrogen (secondary N) is 2. The number of urea groups is 1. The number of nitrogens with zero attached hydrogens (tertiary/aromatic N) is 4. The van der Waals surface area contributed by atoms with E-state index in [1.54, 1.807) is 36.0 Å². The van der Waals surface area contributed by atoms with E-state index in [-0.39, 0.29) is 16.9 Å². The average Bonchev–Trinajstić information content (AvgIpc) is 3.68. The fraction of sp³-hybridized carbons (Fsp3) is 0.194. The standard InChI is InChI=1S/C31H30N6O4S2/c1-31(2,3)26-18-27(37(34-26)20-7-9-21(41-4)10-8-20)33-28(38)32-19-5-11-22(12-6-19)42-23-13-14-25-24(17-23)35-15-16-36(30(39)40)29(35)43-25/h5-18,29H,1-4H3,(H,39,40)(H2,32,33,38). The van der Waals surface area contributed by atoms with Gasteiger partial charge in [0.15, 0.2) is 5.50 Å². The van der Waals surface area contributed by atoms with Crippen LogP contribution in [0.4, 0.5) is 26.8 Å². The molecule has 3 N–H and O–H groups in total. The first-order valence-electron chi connectivity index (χ1n) is 13.5. The molecule has 1 aromatic heterocycles. The Balaban J connectivity index is 1.12. The quantitative estimate of drug-likeness (QED) is 0.203. The first-order chi connectivity index (χ1) is 20.6. The van der Waals surface area contributed by atoms with Gasteiger partial charge in [0.05, 0.1) is 24.2 Å². The number of benzene rings is 3. The Kier molecular flexibility index (Phi) is 7.49. The molecular formula is C31H30N6O4S2. The van der Waals surface area contributed by atoms with Crippen LogP contribution in [0.1, 0.15) is 26.5 Å². The number of aromatic nitrogens is 2. The van der Waals surface area contributed by atoms with Crippen LogP contribution in [0.2, 0.25) is 0 Å². The van der Waals surface area contributed by atoms with Gasteiger partial charge in [-0.3, -0.25) is 10.2 Å². The molecule has 4 aromatic rings. The molecule has 2 aliphatic heterocycles. The molecule has 3 aromatic carbocycles. The summed E-state index contributed by atoms with van der Waals surface area (Å²) in [5.74, 6) is 1.29. The first-order valence-corrected chi connectivity index (χ1v) is 15.2. The number of hydrogen-bond acceptors (Lipinski definition) is 7. The smallest absolute Gasteiger partial charge is 0.413 e. The van der Waals surface area contributed by atoms with Crippen LogP contribution in [0.15, 0.2) is 99.9 Å². The molecule has 10 nitrogen and oxygen atoms in total. The number of anilines is 3. The van der Waals surface area contributed by atoms with Gasteiger partial charge in [-0.05, 0) is 66.7 Å². The Morgan fingerprint density at radius 2 is 1.67 bits per heavy atom. The molecule has 1 unspecified atom stereocenters. The fourth-order valence-electron chi connectivity index (χ4n) is 4.65. The highest BCUT2D eigenvalue weighted by Crippen LogP contribution is 2.49. The number of thioether (sulfide) groups is 1. The summed E-state index contributed by atoms with van der Waals surface area (Å²) in [4.78, 5) is 30.9. The number of ether oxygens (including phenoxy) is 1. The molecular weight excluding hydrogens is 585 g/mol. The van der Waals surface area contributed by atoms with Gasteiger partial charge in [0.2, 0.25) is 0 Å². The molecule has 12 heteroatoms. The summed E-state index contributed by atoms with van der Waals surface area (Å²) >= 11 is 3.11. The number of carbonyl (C=O) groups is 2. The largest absolute Gasteiger partial charge is 0.497 e. The zero-order chi connectivity index (χ0) is 30.3. The summed E-state index contributed by atoms with van der Waals surface area (Å²) in [6, 6.07) is 22.7. The van der Waals surface area contributed by atoms with Crippen molar-refractivity contribution in [2.24, 2.45) is 0 Å². The Morgan fingerprint density at radius 3 is 2.35 bits per heavy atom. The van der Waals surface area contributed by atoms with Crippen LogP contribution < -0.4 is 20.3 Å². The normalized spacial score (nSPS) is 15.3. The van der Waals surface area contributed by atoms with Crippen molar-refractivity contribution in [1.29, 1.82) is 0 Å². The van der Waals surface area contributed by atoms with E-state index in [0.717, 1.165) is 37.5 Å². The van der Waals surface area contributed by atoms with Gasteiger partial charge in [0.1, 0.15) is 11.6 Å². The van der Waals surface area contributed by atoms with Gasteiger partial charge in [-0.15, -0.1) is 0 Å². The molecule has 6 rings (SSSR count). The van der Waals surface area contributed by atoms with Crippen molar-refractivity contribution in [2.45, 2.75) is 46.4 Å². The van der Waals surface area contributed by atoms with E-state index in [0.29, 0.717) is 11.5 Å². The maximum atomic E-state index is 13.0. The lowest BCUT2D eigenvalue weighted by molar-refractivity contribution is 0.163. The molecule has 2 aliphatic rings. The minimum absolute atomic E-state index is 0.207. The lowest BCUT2D eigenvalue weighted by Gasteiger charge is -2.21. The highest BCUT2D eigenvalue weighted by molar-refractivity contribution is 8.00. The second kappa shape index (κ2) is 11.3. The van der Waals surface area contributed by atoms with Crippen molar-refractivity contribution >= 4 is 52.8 Å².